The van der Waals surface area contributed by atoms with Crippen molar-refractivity contribution in [3.8, 4) is 44.8 Å². The lowest BCUT2D eigenvalue weighted by atomic mass is 9.92. The number of fused-ring (bicyclic) bond motifs is 8. The Balaban J connectivity index is 0.938. The molecule has 14 rings (SSSR count). The molecule has 73 heavy (non-hydrogen) atoms. The Morgan fingerprint density at radius 1 is 0.247 bits per heavy atom. The zero-order valence-electron chi connectivity index (χ0n) is 39.4. The van der Waals surface area contributed by atoms with Crippen LogP contribution in [0.5, 0.6) is 0 Å². The number of nitrogens with zero attached hydrogens (tertiary/aromatic N) is 3. The van der Waals surface area contributed by atoms with Crippen LogP contribution in [0.4, 0.5) is 25.8 Å². The lowest BCUT2D eigenvalue weighted by Gasteiger charge is -2.25. The monoisotopic (exact) mass is 939 g/mol. The number of anilines is 3. The smallest absolute Gasteiger partial charge is 0.123 e. The molecule has 0 aliphatic heterocycles. The van der Waals surface area contributed by atoms with E-state index in [0.29, 0.717) is 0 Å². The van der Waals surface area contributed by atoms with Crippen LogP contribution in [0.1, 0.15) is 0 Å². The molecular formula is C68H43F2N3. The van der Waals surface area contributed by atoms with Crippen molar-refractivity contribution in [3.63, 3.8) is 0 Å². The fraction of sp³-hybridized carbons (Fsp3) is 0. The first-order valence-electron chi connectivity index (χ1n) is 24.6. The van der Waals surface area contributed by atoms with Gasteiger partial charge >= 0.3 is 0 Å². The molecule has 0 aliphatic carbocycles. The van der Waals surface area contributed by atoms with Gasteiger partial charge in [0.1, 0.15) is 11.6 Å². The van der Waals surface area contributed by atoms with E-state index in [4.69, 9.17) is 0 Å². The van der Waals surface area contributed by atoms with Gasteiger partial charge in [0, 0.05) is 50.0 Å². The standard InChI is InChI=1S/C68H43F2N3/c69-54-23-31-57(32-24-54)71(58-33-25-55(70)26-34-58)56-27-17-46(18-28-56)51-37-52(49-21-35-67-63(42-49)61-13-5-7-15-65(61)72(67)59-29-19-44-9-1-3-11-47(44)40-59)39-53(38-51)50-22-36-68-64(43-50)62-14-6-8-16-66(62)73(68)60-30-20-45-10-2-4-12-48(45)41-60/h1-43H. The summed E-state index contributed by atoms with van der Waals surface area (Å²) in [6.07, 6.45) is 0. The highest BCUT2D eigenvalue weighted by Crippen LogP contribution is 2.42. The first-order valence-corrected chi connectivity index (χ1v) is 24.6. The molecule has 0 bridgehead atoms. The quantitative estimate of drug-likeness (QED) is 0.148. The summed E-state index contributed by atoms with van der Waals surface area (Å²) in [5, 5.41) is 9.59. The highest BCUT2D eigenvalue weighted by molar-refractivity contribution is 6.12. The Labute approximate surface area is 420 Å². The summed E-state index contributed by atoms with van der Waals surface area (Å²) in [6.45, 7) is 0. The van der Waals surface area contributed by atoms with Crippen LogP contribution in [0.25, 0.3) is 110 Å². The van der Waals surface area contributed by atoms with E-state index in [0.717, 1.165) is 83.9 Å². The molecule has 0 spiro atoms. The molecule has 3 nitrogen and oxygen atoms in total. The van der Waals surface area contributed by atoms with E-state index in [-0.39, 0.29) is 11.6 Å². The van der Waals surface area contributed by atoms with Gasteiger partial charge in [-0.15, -0.1) is 0 Å². The lowest BCUT2D eigenvalue weighted by molar-refractivity contribution is 0.628. The van der Waals surface area contributed by atoms with Gasteiger partial charge < -0.3 is 14.0 Å². The SMILES string of the molecule is Fc1ccc(N(c2ccc(F)cc2)c2ccc(-c3cc(-c4ccc5c(c4)c4ccccc4n5-c4ccc5ccccc5c4)cc(-c4ccc5c(c4)c4ccccc4n5-c4ccc5ccccc5c4)c3)cc2)cc1. The minimum absolute atomic E-state index is 0.321. The Bertz CT molecular complexity index is 4190. The van der Waals surface area contributed by atoms with Crippen LogP contribution in [0.3, 0.4) is 0 Å². The number of para-hydroxylation sites is 2. The third-order valence-electron chi connectivity index (χ3n) is 14.6. The summed E-state index contributed by atoms with van der Waals surface area (Å²) >= 11 is 0. The first-order chi connectivity index (χ1) is 36.0. The van der Waals surface area contributed by atoms with Gasteiger partial charge in [0.15, 0.2) is 0 Å². The van der Waals surface area contributed by atoms with Crippen LogP contribution >= 0.6 is 0 Å². The van der Waals surface area contributed by atoms with Gasteiger partial charge in [0.25, 0.3) is 0 Å². The number of hydrogen-bond donors (Lipinski definition) is 0. The molecule has 0 amide bonds. The number of hydrogen-bond acceptors (Lipinski definition) is 1. The second-order valence-corrected chi connectivity index (χ2v) is 18.9. The van der Waals surface area contributed by atoms with Gasteiger partial charge in [-0.25, -0.2) is 8.78 Å². The molecule has 344 valence electrons. The van der Waals surface area contributed by atoms with Gasteiger partial charge in [-0.1, -0.05) is 121 Å². The van der Waals surface area contributed by atoms with Crippen LogP contribution in [-0.4, -0.2) is 9.13 Å². The molecule has 0 atom stereocenters. The van der Waals surface area contributed by atoms with E-state index in [2.05, 4.69) is 221 Å². The molecular weight excluding hydrogens is 897 g/mol. The molecule has 14 aromatic rings. The van der Waals surface area contributed by atoms with E-state index in [1.54, 1.807) is 24.3 Å². The highest BCUT2D eigenvalue weighted by atomic mass is 19.1. The van der Waals surface area contributed by atoms with E-state index < -0.39 is 0 Å². The molecule has 0 saturated carbocycles. The second-order valence-electron chi connectivity index (χ2n) is 18.9. The largest absolute Gasteiger partial charge is 0.310 e. The summed E-state index contributed by atoms with van der Waals surface area (Å²) < 4.78 is 33.2. The van der Waals surface area contributed by atoms with E-state index in [1.807, 2.05) is 4.90 Å². The predicted molar refractivity (Wildman–Crippen MR) is 301 cm³/mol. The van der Waals surface area contributed by atoms with E-state index >= 15 is 0 Å². The molecule has 0 aliphatic rings. The number of aromatic nitrogens is 2. The maximum absolute atomic E-state index is 14.2. The van der Waals surface area contributed by atoms with Crippen molar-refractivity contribution in [2.75, 3.05) is 4.90 Å². The van der Waals surface area contributed by atoms with Crippen molar-refractivity contribution in [3.05, 3.63) is 272 Å². The molecule has 0 radical (unpaired) electrons. The van der Waals surface area contributed by atoms with Crippen LogP contribution < -0.4 is 4.90 Å². The summed E-state index contributed by atoms with van der Waals surface area (Å²) in [6, 6.07) is 89.7. The van der Waals surface area contributed by atoms with Gasteiger partial charge in [0.2, 0.25) is 0 Å². The minimum Gasteiger partial charge on any atom is -0.310 e. The fourth-order valence-electron chi connectivity index (χ4n) is 11.1. The van der Waals surface area contributed by atoms with Crippen molar-refractivity contribution in [1.29, 1.82) is 0 Å². The maximum atomic E-state index is 14.2. The minimum atomic E-state index is -0.321. The van der Waals surface area contributed by atoms with Crippen LogP contribution in [0.15, 0.2) is 261 Å². The third-order valence-corrected chi connectivity index (χ3v) is 14.6. The Kier molecular flexibility index (Phi) is 9.90. The average molecular weight is 940 g/mol. The summed E-state index contributed by atoms with van der Waals surface area (Å²) in [5.74, 6) is -0.642. The topological polar surface area (TPSA) is 13.1 Å². The van der Waals surface area contributed by atoms with Crippen LogP contribution in [-0.2, 0) is 0 Å². The fourth-order valence-corrected chi connectivity index (χ4v) is 11.1. The molecule has 12 aromatic carbocycles. The van der Waals surface area contributed by atoms with Gasteiger partial charge in [-0.2, -0.15) is 0 Å². The van der Waals surface area contributed by atoms with Gasteiger partial charge in [-0.05, 0) is 194 Å². The lowest BCUT2D eigenvalue weighted by Crippen LogP contribution is -2.09. The van der Waals surface area contributed by atoms with Crippen molar-refractivity contribution < 1.29 is 8.78 Å². The normalized spacial score (nSPS) is 11.7. The molecule has 5 heteroatoms. The zero-order valence-corrected chi connectivity index (χ0v) is 39.4. The maximum Gasteiger partial charge on any atom is 0.123 e. The van der Waals surface area contributed by atoms with E-state index in [9.17, 15) is 8.78 Å². The molecule has 0 N–H and O–H groups in total. The highest BCUT2D eigenvalue weighted by Gasteiger charge is 2.19. The second kappa shape index (κ2) is 17.1. The summed E-state index contributed by atoms with van der Waals surface area (Å²) in [7, 11) is 0. The van der Waals surface area contributed by atoms with Crippen molar-refractivity contribution in [2.24, 2.45) is 0 Å². The van der Waals surface area contributed by atoms with Gasteiger partial charge in [-0.3, -0.25) is 0 Å². The number of rotatable bonds is 8. The number of benzene rings is 12. The van der Waals surface area contributed by atoms with Crippen molar-refractivity contribution >= 4 is 82.2 Å². The Morgan fingerprint density at radius 3 is 1.05 bits per heavy atom. The molecule has 0 unspecified atom stereocenters. The van der Waals surface area contributed by atoms with E-state index in [1.165, 1.54) is 67.4 Å². The molecule has 0 fully saturated rings. The third kappa shape index (κ3) is 7.32. The first kappa shape index (κ1) is 42.3. The number of halogens is 2. The zero-order chi connectivity index (χ0) is 48.6. The Morgan fingerprint density at radius 2 is 0.603 bits per heavy atom. The molecule has 0 saturated heterocycles. The van der Waals surface area contributed by atoms with Crippen LogP contribution in [0.2, 0.25) is 0 Å². The van der Waals surface area contributed by atoms with Crippen molar-refractivity contribution in [1.82, 2.24) is 9.13 Å². The van der Waals surface area contributed by atoms with Crippen molar-refractivity contribution in [2.45, 2.75) is 0 Å². The van der Waals surface area contributed by atoms with Gasteiger partial charge in [0.05, 0.1) is 22.1 Å². The molecule has 2 heterocycles. The Hall–Kier alpha value is -9.58. The molecule has 2 aromatic heterocycles. The van der Waals surface area contributed by atoms with Crippen LogP contribution in [0, 0.1) is 11.6 Å². The summed E-state index contributed by atoms with van der Waals surface area (Å²) in [4.78, 5) is 2.01. The predicted octanol–water partition coefficient (Wildman–Crippen LogP) is 18.9. The average Bonchev–Trinajstić information content (AvgIpc) is 3.96. The summed E-state index contributed by atoms with van der Waals surface area (Å²) in [5.41, 5.74) is 15.8.